The maximum atomic E-state index is 11.9. The number of carbonyl (C=O) groups excluding carboxylic acids is 1. The van der Waals surface area contributed by atoms with Crippen LogP contribution in [0.25, 0.3) is 0 Å². The molecule has 1 amide bonds. The summed E-state index contributed by atoms with van der Waals surface area (Å²) in [5.41, 5.74) is 3.91. The highest BCUT2D eigenvalue weighted by Gasteiger charge is 2.05. The van der Waals surface area contributed by atoms with Crippen LogP contribution >= 0.6 is 43.2 Å². The number of thiophene rings is 1. The average molecular weight is 402 g/mol. The summed E-state index contributed by atoms with van der Waals surface area (Å²) < 4.78 is 1.98. The van der Waals surface area contributed by atoms with Crippen LogP contribution in [0.1, 0.15) is 22.2 Å². The Morgan fingerprint density at radius 2 is 1.84 bits per heavy atom. The first kappa shape index (κ1) is 14.4. The van der Waals surface area contributed by atoms with E-state index in [1.165, 1.54) is 0 Å². The molecule has 0 bridgehead atoms. The lowest BCUT2D eigenvalue weighted by Crippen LogP contribution is -2.18. The Kier molecular flexibility index (Phi) is 4.90. The summed E-state index contributed by atoms with van der Waals surface area (Å²) in [6, 6.07) is 11.0. The van der Waals surface area contributed by atoms with Crippen LogP contribution in [0.15, 0.2) is 49.8 Å². The normalized spacial score (nSPS) is 11.4. The molecule has 0 aliphatic rings. The summed E-state index contributed by atoms with van der Waals surface area (Å²) in [5, 5.41) is 4.10. The number of nitrogens with one attached hydrogen (secondary N) is 1. The van der Waals surface area contributed by atoms with Gasteiger partial charge in [0.1, 0.15) is 0 Å². The summed E-state index contributed by atoms with van der Waals surface area (Å²) in [7, 11) is 0. The predicted molar refractivity (Wildman–Crippen MR) is 85.8 cm³/mol. The third-order valence-corrected chi connectivity index (χ3v) is 4.62. The summed E-state index contributed by atoms with van der Waals surface area (Å²) in [4.78, 5) is 12.9. The Morgan fingerprint density at radius 3 is 2.42 bits per heavy atom. The van der Waals surface area contributed by atoms with E-state index < -0.39 is 0 Å². The van der Waals surface area contributed by atoms with E-state index in [0.29, 0.717) is 5.56 Å². The van der Waals surface area contributed by atoms with Crippen molar-refractivity contribution in [1.82, 2.24) is 5.43 Å². The SMILES string of the molecule is C/C(=N\NC(=O)c1ccc(Br)cc1)c1ccc(Br)s1. The zero-order chi connectivity index (χ0) is 13.8. The molecule has 6 heteroatoms. The molecule has 0 fully saturated rings. The molecule has 0 atom stereocenters. The molecule has 3 nitrogen and oxygen atoms in total. The van der Waals surface area contributed by atoms with E-state index in [-0.39, 0.29) is 5.91 Å². The van der Waals surface area contributed by atoms with Crippen LogP contribution in [-0.2, 0) is 0 Å². The lowest BCUT2D eigenvalue weighted by Gasteiger charge is -2.01. The molecule has 0 unspecified atom stereocenters. The number of nitrogens with zero attached hydrogens (tertiary/aromatic N) is 1. The second-order valence-corrected chi connectivity index (χ2v) is 7.13. The second kappa shape index (κ2) is 6.45. The lowest BCUT2D eigenvalue weighted by atomic mass is 10.2. The van der Waals surface area contributed by atoms with Gasteiger partial charge < -0.3 is 0 Å². The molecule has 0 aliphatic heterocycles. The Morgan fingerprint density at radius 1 is 1.16 bits per heavy atom. The fourth-order valence-corrected chi connectivity index (χ4v) is 2.96. The van der Waals surface area contributed by atoms with Gasteiger partial charge in [-0.05, 0) is 59.3 Å². The standard InChI is InChI=1S/C13H10Br2N2OS/c1-8(11-6-7-12(15)19-11)16-17-13(18)9-2-4-10(14)5-3-9/h2-7H,1H3,(H,17,18)/b16-8+. The van der Waals surface area contributed by atoms with E-state index in [9.17, 15) is 4.79 Å². The summed E-state index contributed by atoms with van der Waals surface area (Å²) >= 11 is 8.30. The number of hydrogen-bond acceptors (Lipinski definition) is 3. The molecular weight excluding hydrogens is 392 g/mol. The van der Waals surface area contributed by atoms with E-state index in [1.807, 2.05) is 31.2 Å². The van der Waals surface area contributed by atoms with Crippen LogP contribution in [-0.4, -0.2) is 11.6 Å². The van der Waals surface area contributed by atoms with Crippen LogP contribution in [0, 0.1) is 0 Å². The Hall–Kier alpha value is -0.980. The predicted octanol–water partition coefficient (Wildman–Crippen LogP) is 4.43. The number of carbonyl (C=O) groups is 1. The van der Waals surface area contributed by atoms with Gasteiger partial charge >= 0.3 is 0 Å². The highest BCUT2D eigenvalue weighted by atomic mass is 79.9. The van der Waals surface area contributed by atoms with E-state index >= 15 is 0 Å². The fourth-order valence-electron chi connectivity index (χ4n) is 1.36. The molecule has 2 aromatic rings. The molecule has 1 heterocycles. The highest BCUT2D eigenvalue weighted by Crippen LogP contribution is 2.22. The fraction of sp³-hybridized carbons (Fsp3) is 0.0769. The molecule has 19 heavy (non-hydrogen) atoms. The van der Waals surface area contributed by atoms with Gasteiger partial charge in [-0.15, -0.1) is 11.3 Å². The molecule has 0 spiro atoms. The minimum absolute atomic E-state index is 0.220. The molecule has 2 rings (SSSR count). The minimum Gasteiger partial charge on any atom is -0.267 e. The zero-order valence-corrected chi connectivity index (χ0v) is 14.0. The van der Waals surface area contributed by atoms with Crippen LogP contribution in [0.2, 0.25) is 0 Å². The Labute approximate surface area is 132 Å². The Bertz CT molecular complexity index is 620. The quantitative estimate of drug-likeness (QED) is 0.599. The molecule has 1 aromatic heterocycles. The van der Waals surface area contributed by atoms with Gasteiger partial charge in [0, 0.05) is 10.0 Å². The van der Waals surface area contributed by atoms with Gasteiger partial charge in [-0.1, -0.05) is 15.9 Å². The smallest absolute Gasteiger partial charge is 0.267 e. The lowest BCUT2D eigenvalue weighted by molar-refractivity contribution is 0.0955. The van der Waals surface area contributed by atoms with Crippen molar-refractivity contribution in [2.24, 2.45) is 5.10 Å². The number of amides is 1. The van der Waals surface area contributed by atoms with Crippen molar-refractivity contribution in [3.05, 3.63) is 55.1 Å². The van der Waals surface area contributed by atoms with E-state index in [0.717, 1.165) is 18.8 Å². The van der Waals surface area contributed by atoms with Gasteiger partial charge in [-0.3, -0.25) is 4.79 Å². The van der Waals surface area contributed by atoms with E-state index in [2.05, 4.69) is 42.4 Å². The largest absolute Gasteiger partial charge is 0.271 e. The van der Waals surface area contributed by atoms with Crippen LogP contribution in [0.4, 0.5) is 0 Å². The minimum atomic E-state index is -0.220. The highest BCUT2D eigenvalue weighted by molar-refractivity contribution is 9.11. The van der Waals surface area contributed by atoms with Crippen molar-refractivity contribution >= 4 is 54.8 Å². The first-order valence-corrected chi connectivity index (χ1v) is 7.82. The third-order valence-electron chi connectivity index (χ3n) is 2.36. The molecule has 1 N–H and O–H groups in total. The molecule has 0 saturated heterocycles. The molecule has 1 aromatic carbocycles. The van der Waals surface area contributed by atoms with Crippen LogP contribution in [0.5, 0.6) is 0 Å². The van der Waals surface area contributed by atoms with Crippen molar-refractivity contribution < 1.29 is 4.79 Å². The molecular formula is C13H10Br2N2OS. The summed E-state index contributed by atoms with van der Waals surface area (Å²) in [6.45, 7) is 1.86. The number of hydrazone groups is 1. The van der Waals surface area contributed by atoms with Crippen molar-refractivity contribution in [1.29, 1.82) is 0 Å². The van der Waals surface area contributed by atoms with Crippen molar-refractivity contribution in [2.45, 2.75) is 6.92 Å². The molecule has 0 radical (unpaired) electrons. The molecule has 98 valence electrons. The van der Waals surface area contributed by atoms with E-state index in [4.69, 9.17) is 0 Å². The Balaban J connectivity index is 2.05. The third kappa shape index (κ3) is 3.99. The van der Waals surface area contributed by atoms with Crippen molar-refractivity contribution in [2.75, 3.05) is 0 Å². The summed E-state index contributed by atoms with van der Waals surface area (Å²) in [6.07, 6.45) is 0. The first-order valence-electron chi connectivity index (χ1n) is 5.42. The number of hydrogen-bond donors (Lipinski definition) is 1. The van der Waals surface area contributed by atoms with Crippen LogP contribution < -0.4 is 5.43 Å². The number of rotatable bonds is 3. The number of halogens is 2. The maximum absolute atomic E-state index is 11.9. The average Bonchev–Trinajstić information content (AvgIpc) is 2.83. The van der Waals surface area contributed by atoms with Gasteiger partial charge in [-0.2, -0.15) is 5.10 Å². The summed E-state index contributed by atoms with van der Waals surface area (Å²) in [5.74, 6) is -0.220. The maximum Gasteiger partial charge on any atom is 0.271 e. The van der Waals surface area contributed by atoms with Crippen molar-refractivity contribution in [3.8, 4) is 0 Å². The van der Waals surface area contributed by atoms with Gasteiger partial charge in [0.25, 0.3) is 5.91 Å². The first-order chi connectivity index (χ1) is 9.06. The van der Waals surface area contributed by atoms with Gasteiger partial charge in [0.15, 0.2) is 0 Å². The van der Waals surface area contributed by atoms with Gasteiger partial charge in [-0.25, -0.2) is 5.43 Å². The van der Waals surface area contributed by atoms with Crippen molar-refractivity contribution in [3.63, 3.8) is 0 Å². The van der Waals surface area contributed by atoms with Gasteiger partial charge in [0.05, 0.1) is 14.4 Å². The van der Waals surface area contributed by atoms with E-state index in [1.54, 1.807) is 23.5 Å². The molecule has 0 aliphatic carbocycles. The second-order valence-electron chi connectivity index (χ2n) is 3.75. The number of benzene rings is 1. The van der Waals surface area contributed by atoms with Gasteiger partial charge in [0.2, 0.25) is 0 Å². The molecule has 0 saturated carbocycles. The van der Waals surface area contributed by atoms with Crippen LogP contribution in [0.3, 0.4) is 0 Å². The topological polar surface area (TPSA) is 41.5 Å². The monoisotopic (exact) mass is 400 g/mol. The zero-order valence-electron chi connectivity index (χ0n) is 9.98.